The molecule has 3 rings (SSSR count). The number of alkyl carbamates (subject to hydrolysis) is 1. The minimum atomic E-state index is -1.32. The van der Waals surface area contributed by atoms with E-state index in [0.29, 0.717) is 0 Å². The first-order valence-corrected chi connectivity index (χ1v) is 6.29. The van der Waals surface area contributed by atoms with Gasteiger partial charge in [-0.15, -0.1) is 0 Å². The predicted molar refractivity (Wildman–Crippen MR) is 67.1 cm³/mol. The third kappa shape index (κ3) is 2.22. The first-order chi connectivity index (χ1) is 10.0. The minimum Gasteiger partial charge on any atom is -0.434 e. The van der Waals surface area contributed by atoms with Gasteiger partial charge in [0.15, 0.2) is 5.60 Å². The van der Waals surface area contributed by atoms with Crippen molar-refractivity contribution in [3.8, 4) is 0 Å². The second kappa shape index (κ2) is 4.80. The Morgan fingerprint density at radius 2 is 2.29 bits per heavy atom. The fraction of sp³-hybridized carbons (Fsp3) is 0.308. The monoisotopic (exact) mass is 294 g/mol. The van der Waals surface area contributed by atoms with E-state index >= 15 is 0 Å². The van der Waals surface area contributed by atoms with Gasteiger partial charge >= 0.3 is 6.09 Å². The van der Waals surface area contributed by atoms with E-state index in [1.165, 1.54) is 23.4 Å². The highest BCUT2D eigenvalue weighted by atomic mass is 19.1. The van der Waals surface area contributed by atoms with Crippen molar-refractivity contribution in [2.24, 2.45) is 0 Å². The Bertz CT molecular complexity index is 677. The third-order valence-electron chi connectivity index (χ3n) is 3.56. The van der Waals surface area contributed by atoms with E-state index in [-0.39, 0.29) is 12.1 Å². The number of hydrogen-bond donors (Lipinski definition) is 1. The van der Waals surface area contributed by atoms with Crippen molar-refractivity contribution < 1.29 is 18.3 Å². The van der Waals surface area contributed by atoms with Gasteiger partial charge in [-0.05, 0) is 19.1 Å². The lowest BCUT2D eigenvalue weighted by atomic mass is 9.87. The molecule has 8 heteroatoms. The van der Waals surface area contributed by atoms with Crippen LogP contribution in [-0.2, 0) is 16.9 Å². The molecule has 1 aliphatic rings. The molecule has 0 spiro atoms. The topological polar surface area (TPSA) is 69.0 Å². The van der Waals surface area contributed by atoms with Crippen LogP contribution in [0.4, 0.5) is 13.6 Å². The molecule has 110 valence electrons. The van der Waals surface area contributed by atoms with E-state index in [2.05, 4.69) is 15.4 Å². The number of benzene rings is 1. The van der Waals surface area contributed by atoms with Crippen LogP contribution in [0.2, 0.25) is 0 Å². The molecule has 0 radical (unpaired) electrons. The van der Waals surface area contributed by atoms with Crippen LogP contribution in [0.15, 0.2) is 30.9 Å². The number of ether oxygens (including phenoxy) is 1. The van der Waals surface area contributed by atoms with E-state index in [1.54, 1.807) is 6.92 Å². The summed E-state index contributed by atoms with van der Waals surface area (Å²) in [6.45, 7) is 1.75. The number of rotatable bonds is 3. The first kappa shape index (κ1) is 13.5. The molecule has 21 heavy (non-hydrogen) atoms. The molecule has 2 aromatic rings. The van der Waals surface area contributed by atoms with Gasteiger partial charge in [0.2, 0.25) is 0 Å². The SMILES string of the molecule is C[C@H]1NC(=O)O[C@@]1(Cn1cncn1)c1ccc(F)cc1F. The fourth-order valence-corrected chi connectivity index (χ4v) is 2.51. The highest BCUT2D eigenvalue weighted by Gasteiger charge is 2.50. The summed E-state index contributed by atoms with van der Waals surface area (Å²) in [5.41, 5.74) is -1.23. The maximum atomic E-state index is 14.2. The van der Waals surface area contributed by atoms with Crippen molar-refractivity contribution in [2.75, 3.05) is 0 Å². The lowest BCUT2D eigenvalue weighted by molar-refractivity contribution is 0.0146. The molecule has 1 N–H and O–H groups in total. The summed E-state index contributed by atoms with van der Waals surface area (Å²) in [7, 11) is 0. The number of carbonyl (C=O) groups excluding carboxylic acids is 1. The number of cyclic esters (lactones) is 1. The number of nitrogens with one attached hydrogen (secondary N) is 1. The van der Waals surface area contributed by atoms with Gasteiger partial charge < -0.3 is 10.1 Å². The van der Waals surface area contributed by atoms with Crippen LogP contribution < -0.4 is 5.32 Å². The summed E-state index contributed by atoms with van der Waals surface area (Å²) < 4.78 is 34.1. The van der Waals surface area contributed by atoms with Crippen molar-refractivity contribution >= 4 is 6.09 Å². The number of hydrogen-bond acceptors (Lipinski definition) is 4. The summed E-state index contributed by atoms with van der Waals surface area (Å²) in [5, 5.41) is 6.52. The van der Waals surface area contributed by atoms with Crippen LogP contribution in [0.5, 0.6) is 0 Å². The minimum absolute atomic E-state index is 0.0649. The predicted octanol–water partition coefficient (Wildman–Crippen LogP) is 1.58. The third-order valence-corrected chi connectivity index (χ3v) is 3.56. The molecular formula is C13H12F2N4O2. The molecule has 1 fully saturated rings. The molecule has 2 heterocycles. The van der Waals surface area contributed by atoms with Gasteiger partial charge in [-0.1, -0.05) is 0 Å². The number of amides is 1. The number of carbonyl (C=O) groups is 1. The van der Waals surface area contributed by atoms with E-state index < -0.39 is 29.4 Å². The van der Waals surface area contributed by atoms with Gasteiger partial charge in [0.25, 0.3) is 0 Å². The number of nitrogens with zero attached hydrogens (tertiary/aromatic N) is 3. The molecule has 1 aromatic heterocycles. The van der Waals surface area contributed by atoms with Crippen LogP contribution in [0, 0.1) is 11.6 Å². The van der Waals surface area contributed by atoms with E-state index in [9.17, 15) is 13.6 Å². The molecule has 0 aliphatic carbocycles. The Hall–Kier alpha value is -2.51. The van der Waals surface area contributed by atoms with Gasteiger partial charge in [0, 0.05) is 11.6 Å². The summed E-state index contributed by atoms with van der Waals surface area (Å²) >= 11 is 0. The highest BCUT2D eigenvalue weighted by Crippen LogP contribution is 2.37. The first-order valence-electron chi connectivity index (χ1n) is 6.29. The Morgan fingerprint density at radius 1 is 1.48 bits per heavy atom. The van der Waals surface area contributed by atoms with Gasteiger partial charge in [-0.25, -0.2) is 23.2 Å². The van der Waals surface area contributed by atoms with Crippen molar-refractivity contribution in [3.05, 3.63) is 48.1 Å². The molecule has 0 saturated carbocycles. The molecule has 0 bridgehead atoms. The number of aromatic nitrogens is 3. The van der Waals surface area contributed by atoms with Crippen LogP contribution >= 0.6 is 0 Å². The maximum absolute atomic E-state index is 14.2. The van der Waals surface area contributed by atoms with Crippen LogP contribution in [0.1, 0.15) is 12.5 Å². The average Bonchev–Trinajstić information content (AvgIpc) is 2.99. The van der Waals surface area contributed by atoms with Crippen molar-refractivity contribution in [1.82, 2.24) is 20.1 Å². The molecule has 1 amide bonds. The van der Waals surface area contributed by atoms with Crippen molar-refractivity contribution in [2.45, 2.75) is 25.1 Å². The van der Waals surface area contributed by atoms with Crippen LogP contribution in [0.25, 0.3) is 0 Å². The zero-order valence-electron chi connectivity index (χ0n) is 11.1. The second-order valence-electron chi connectivity index (χ2n) is 4.86. The molecular weight excluding hydrogens is 282 g/mol. The highest BCUT2D eigenvalue weighted by molar-refractivity contribution is 5.71. The van der Waals surface area contributed by atoms with Gasteiger partial charge in [-0.2, -0.15) is 5.10 Å². The fourth-order valence-electron chi connectivity index (χ4n) is 2.51. The van der Waals surface area contributed by atoms with Gasteiger partial charge in [0.1, 0.15) is 24.3 Å². The lowest BCUT2D eigenvalue weighted by Crippen LogP contribution is -2.43. The lowest BCUT2D eigenvalue weighted by Gasteiger charge is -2.31. The van der Waals surface area contributed by atoms with Crippen LogP contribution in [-0.4, -0.2) is 26.9 Å². The Morgan fingerprint density at radius 3 is 2.86 bits per heavy atom. The zero-order valence-corrected chi connectivity index (χ0v) is 11.1. The Kier molecular flexibility index (Phi) is 3.08. The van der Waals surface area contributed by atoms with Crippen LogP contribution in [0.3, 0.4) is 0 Å². The van der Waals surface area contributed by atoms with Gasteiger partial charge in [-0.3, -0.25) is 0 Å². The van der Waals surface area contributed by atoms with Crippen molar-refractivity contribution in [1.29, 1.82) is 0 Å². The number of halogens is 2. The standard InChI is InChI=1S/C13H12F2N4O2/c1-8-13(21-12(20)18-8,5-19-7-16-6-17-19)10-3-2-9(14)4-11(10)15/h2-4,6-8H,5H2,1H3,(H,18,20)/t8-,13-/m1/s1. The van der Waals surface area contributed by atoms with Gasteiger partial charge in [0.05, 0.1) is 12.6 Å². The molecule has 1 aliphatic heterocycles. The molecule has 1 aromatic carbocycles. The molecule has 2 atom stereocenters. The average molecular weight is 294 g/mol. The Balaban J connectivity index is 2.10. The Labute approximate surface area is 118 Å². The summed E-state index contributed by atoms with van der Waals surface area (Å²) in [4.78, 5) is 15.4. The summed E-state index contributed by atoms with van der Waals surface area (Å²) in [5.74, 6) is -1.48. The normalized spacial score (nSPS) is 24.7. The van der Waals surface area contributed by atoms with E-state index in [4.69, 9.17) is 4.74 Å². The maximum Gasteiger partial charge on any atom is 0.408 e. The molecule has 6 nitrogen and oxygen atoms in total. The summed E-state index contributed by atoms with van der Waals surface area (Å²) in [6.07, 6.45) is 2.09. The smallest absolute Gasteiger partial charge is 0.408 e. The largest absolute Gasteiger partial charge is 0.434 e. The molecule has 0 unspecified atom stereocenters. The second-order valence-corrected chi connectivity index (χ2v) is 4.86. The van der Waals surface area contributed by atoms with E-state index in [1.807, 2.05) is 0 Å². The molecule has 1 saturated heterocycles. The van der Waals surface area contributed by atoms with E-state index in [0.717, 1.165) is 12.1 Å². The summed E-state index contributed by atoms with van der Waals surface area (Å²) in [6, 6.07) is 2.64. The zero-order chi connectivity index (χ0) is 15.0. The quantitative estimate of drug-likeness (QED) is 0.933. The van der Waals surface area contributed by atoms with Crippen molar-refractivity contribution in [3.63, 3.8) is 0 Å².